The molecule has 0 atom stereocenters. The van der Waals surface area contributed by atoms with E-state index in [0.717, 1.165) is 31.4 Å². The van der Waals surface area contributed by atoms with Gasteiger partial charge in [0.25, 0.3) is 5.91 Å². The van der Waals surface area contributed by atoms with Crippen molar-refractivity contribution in [2.75, 3.05) is 13.7 Å². The van der Waals surface area contributed by atoms with Crippen molar-refractivity contribution in [2.45, 2.75) is 26.8 Å². The number of ether oxygens (including phenoxy) is 1. The Hall–Kier alpha value is -2.76. The van der Waals surface area contributed by atoms with Gasteiger partial charge in [0, 0.05) is 13.7 Å². The fraction of sp³-hybridized carbons (Fsp3) is 0.250. The highest BCUT2D eigenvalue weighted by atomic mass is 32.1. The number of carbonyl (C=O) groups excluding carboxylic acids is 1. The third-order valence-electron chi connectivity index (χ3n) is 5.07. The molecule has 0 aliphatic rings. The molecular formula is C24H24N2O2S. The SMILES string of the molecule is COCCn1c(=NC(=O)Cc2cccc3ccccc23)sc2cc(C)cc(C)c21. The van der Waals surface area contributed by atoms with Crippen molar-refractivity contribution in [2.24, 2.45) is 4.99 Å². The van der Waals surface area contributed by atoms with E-state index in [-0.39, 0.29) is 12.3 Å². The van der Waals surface area contributed by atoms with Crippen LogP contribution in [0, 0.1) is 13.8 Å². The van der Waals surface area contributed by atoms with E-state index in [1.54, 1.807) is 18.4 Å². The van der Waals surface area contributed by atoms with Crippen LogP contribution in [-0.4, -0.2) is 24.2 Å². The molecule has 0 bridgehead atoms. The predicted octanol–water partition coefficient (Wildman–Crippen LogP) is 4.79. The molecule has 4 aromatic rings. The Balaban J connectivity index is 1.76. The number of hydrogen-bond acceptors (Lipinski definition) is 3. The van der Waals surface area contributed by atoms with Crippen LogP contribution >= 0.6 is 11.3 Å². The average molecular weight is 405 g/mol. The van der Waals surface area contributed by atoms with Crippen molar-refractivity contribution in [1.29, 1.82) is 0 Å². The third-order valence-corrected chi connectivity index (χ3v) is 6.10. The van der Waals surface area contributed by atoms with Crippen molar-refractivity contribution in [1.82, 2.24) is 4.57 Å². The minimum Gasteiger partial charge on any atom is -0.383 e. The van der Waals surface area contributed by atoms with Crippen LogP contribution in [0.4, 0.5) is 0 Å². The van der Waals surface area contributed by atoms with E-state index >= 15 is 0 Å². The maximum Gasteiger partial charge on any atom is 0.252 e. The first-order chi connectivity index (χ1) is 14.1. The number of methoxy groups -OCH3 is 1. The van der Waals surface area contributed by atoms with Crippen LogP contribution in [0.5, 0.6) is 0 Å². The van der Waals surface area contributed by atoms with Gasteiger partial charge in [-0.05, 0) is 47.4 Å². The minimum absolute atomic E-state index is 0.131. The lowest BCUT2D eigenvalue weighted by Gasteiger charge is -2.07. The van der Waals surface area contributed by atoms with Crippen LogP contribution in [0.25, 0.3) is 21.0 Å². The standard InChI is InChI=1S/C24H24N2O2S/c1-16-13-17(2)23-21(14-16)29-24(26(23)11-12-28-3)25-22(27)15-19-9-6-8-18-7-4-5-10-20(18)19/h4-10,13-14H,11-12,15H2,1-3H3. The first-order valence-corrected chi connectivity index (χ1v) is 10.5. The molecule has 0 spiro atoms. The summed E-state index contributed by atoms with van der Waals surface area (Å²) in [5, 5.41) is 2.24. The topological polar surface area (TPSA) is 43.6 Å². The number of carbonyl (C=O) groups is 1. The first-order valence-electron chi connectivity index (χ1n) is 9.70. The van der Waals surface area contributed by atoms with Gasteiger partial charge in [-0.15, -0.1) is 0 Å². The number of aromatic nitrogens is 1. The number of rotatable bonds is 5. The summed E-state index contributed by atoms with van der Waals surface area (Å²) >= 11 is 1.57. The molecule has 5 heteroatoms. The molecule has 3 aromatic carbocycles. The molecule has 1 aromatic heterocycles. The number of hydrogen-bond donors (Lipinski definition) is 0. The highest BCUT2D eigenvalue weighted by Crippen LogP contribution is 2.23. The van der Waals surface area contributed by atoms with Crippen LogP contribution in [0.3, 0.4) is 0 Å². The summed E-state index contributed by atoms with van der Waals surface area (Å²) in [5.41, 5.74) is 4.54. The highest BCUT2D eigenvalue weighted by Gasteiger charge is 2.12. The van der Waals surface area contributed by atoms with Crippen LogP contribution in [0.2, 0.25) is 0 Å². The quantitative estimate of drug-likeness (QED) is 0.480. The molecule has 0 fully saturated rings. The van der Waals surface area contributed by atoms with Gasteiger partial charge in [-0.2, -0.15) is 4.99 Å². The second-order valence-electron chi connectivity index (χ2n) is 7.28. The van der Waals surface area contributed by atoms with Gasteiger partial charge in [0.1, 0.15) is 0 Å². The molecule has 0 N–H and O–H groups in total. The molecule has 29 heavy (non-hydrogen) atoms. The number of amides is 1. The molecule has 0 aliphatic carbocycles. The smallest absolute Gasteiger partial charge is 0.252 e. The predicted molar refractivity (Wildman–Crippen MR) is 119 cm³/mol. The number of fused-ring (bicyclic) bond motifs is 2. The largest absolute Gasteiger partial charge is 0.383 e. The van der Waals surface area contributed by atoms with Crippen molar-refractivity contribution in [3.8, 4) is 0 Å². The number of nitrogens with zero attached hydrogens (tertiary/aromatic N) is 2. The summed E-state index contributed by atoms with van der Waals surface area (Å²) in [5.74, 6) is -0.131. The summed E-state index contributed by atoms with van der Waals surface area (Å²) in [6, 6.07) is 18.5. The highest BCUT2D eigenvalue weighted by molar-refractivity contribution is 7.16. The van der Waals surface area contributed by atoms with Gasteiger partial charge in [0.2, 0.25) is 0 Å². The maximum absolute atomic E-state index is 12.9. The zero-order valence-electron chi connectivity index (χ0n) is 16.9. The number of thiazole rings is 1. The molecular weight excluding hydrogens is 380 g/mol. The summed E-state index contributed by atoms with van der Waals surface area (Å²) in [7, 11) is 1.69. The molecule has 1 heterocycles. The second kappa shape index (κ2) is 8.31. The Labute approximate surface area is 174 Å². The van der Waals surface area contributed by atoms with Crippen LogP contribution in [-0.2, 0) is 22.5 Å². The van der Waals surface area contributed by atoms with Crippen LogP contribution in [0.1, 0.15) is 16.7 Å². The Morgan fingerprint density at radius 1 is 1.10 bits per heavy atom. The lowest BCUT2D eigenvalue weighted by molar-refractivity contribution is -0.117. The lowest BCUT2D eigenvalue weighted by atomic mass is 10.0. The van der Waals surface area contributed by atoms with Gasteiger partial charge in [-0.1, -0.05) is 59.9 Å². The Morgan fingerprint density at radius 2 is 1.90 bits per heavy atom. The normalized spacial score (nSPS) is 12.2. The third kappa shape index (κ3) is 4.02. The Morgan fingerprint density at radius 3 is 2.72 bits per heavy atom. The molecule has 0 radical (unpaired) electrons. The van der Waals surface area contributed by atoms with Gasteiger partial charge in [0.15, 0.2) is 4.80 Å². The lowest BCUT2D eigenvalue weighted by Crippen LogP contribution is -2.20. The average Bonchev–Trinajstić information content (AvgIpc) is 3.03. The van der Waals surface area contributed by atoms with Crippen LogP contribution in [0.15, 0.2) is 59.6 Å². The molecule has 1 amide bonds. The van der Waals surface area contributed by atoms with E-state index in [9.17, 15) is 4.79 Å². The second-order valence-corrected chi connectivity index (χ2v) is 8.29. The number of benzene rings is 3. The van der Waals surface area contributed by atoms with E-state index in [1.807, 2.05) is 24.3 Å². The minimum atomic E-state index is -0.131. The fourth-order valence-electron chi connectivity index (χ4n) is 3.82. The summed E-state index contributed by atoms with van der Waals surface area (Å²) in [4.78, 5) is 18.1. The van der Waals surface area contributed by atoms with E-state index in [4.69, 9.17) is 4.74 Å². The van der Waals surface area contributed by atoms with Crippen molar-refractivity contribution in [3.05, 3.63) is 76.1 Å². The number of aryl methyl sites for hydroxylation is 2. The van der Waals surface area contributed by atoms with Gasteiger partial charge in [-0.3, -0.25) is 4.79 Å². The van der Waals surface area contributed by atoms with Crippen molar-refractivity contribution >= 4 is 38.2 Å². The van der Waals surface area contributed by atoms with Gasteiger partial charge in [-0.25, -0.2) is 0 Å². The Bertz CT molecular complexity index is 1260. The molecule has 4 rings (SSSR count). The molecule has 148 valence electrons. The van der Waals surface area contributed by atoms with Gasteiger partial charge < -0.3 is 9.30 Å². The molecule has 0 saturated carbocycles. The summed E-state index contributed by atoms with van der Waals surface area (Å²) in [6.45, 7) is 5.44. The fourth-order valence-corrected chi connectivity index (χ4v) is 5.07. The van der Waals surface area contributed by atoms with Crippen molar-refractivity contribution < 1.29 is 9.53 Å². The van der Waals surface area contributed by atoms with E-state index in [0.29, 0.717) is 13.2 Å². The van der Waals surface area contributed by atoms with Crippen LogP contribution < -0.4 is 4.80 Å². The zero-order valence-corrected chi connectivity index (χ0v) is 17.8. The monoisotopic (exact) mass is 404 g/mol. The van der Waals surface area contributed by atoms with E-state index < -0.39 is 0 Å². The zero-order chi connectivity index (χ0) is 20.4. The molecule has 0 saturated heterocycles. The molecule has 0 unspecified atom stereocenters. The first kappa shape index (κ1) is 19.6. The van der Waals surface area contributed by atoms with E-state index in [2.05, 4.69) is 53.7 Å². The van der Waals surface area contributed by atoms with E-state index in [1.165, 1.54) is 11.1 Å². The summed E-state index contributed by atoms with van der Waals surface area (Å²) < 4.78 is 8.55. The Kier molecular flexibility index (Phi) is 5.60. The molecule has 0 aliphatic heterocycles. The summed E-state index contributed by atoms with van der Waals surface area (Å²) in [6.07, 6.45) is 0.290. The maximum atomic E-state index is 12.9. The van der Waals surface area contributed by atoms with Gasteiger partial charge in [0.05, 0.1) is 23.2 Å². The van der Waals surface area contributed by atoms with Crippen molar-refractivity contribution in [3.63, 3.8) is 0 Å². The van der Waals surface area contributed by atoms with Gasteiger partial charge >= 0.3 is 0 Å². The molecule has 4 nitrogen and oxygen atoms in total.